The van der Waals surface area contributed by atoms with Gasteiger partial charge in [-0.3, -0.25) is 4.79 Å². The van der Waals surface area contributed by atoms with Crippen molar-refractivity contribution in [3.8, 4) is 5.75 Å². The highest BCUT2D eigenvalue weighted by molar-refractivity contribution is 5.90. The maximum Gasteiger partial charge on any atom is 0.331 e. The minimum absolute atomic E-state index is 0.215. The lowest BCUT2D eigenvalue weighted by Gasteiger charge is -2.16. The first-order valence-corrected chi connectivity index (χ1v) is 8.51. The molecule has 1 fully saturated rings. The summed E-state index contributed by atoms with van der Waals surface area (Å²) < 4.78 is 10.7. The lowest BCUT2D eigenvalue weighted by atomic mass is 10.2. The molecule has 0 spiro atoms. The Labute approximate surface area is 143 Å². The molecule has 1 saturated carbocycles. The lowest BCUT2D eigenvalue weighted by molar-refractivity contribution is -0.150. The Morgan fingerprint density at radius 3 is 2.71 bits per heavy atom. The van der Waals surface area contributed by atoms with Gasteiger partial charge in [0, 0.05) is 17.7 Å². The number of carbonyl (C=O) groups excluding carboxylic acids is 2. The van der Waals surface area contributed by atoms with Crippen molar-refractivity contribution in [2.75, 3.05) is 6.61 Å². The van der Waals surface area contributed by atoms with Gasteiger partial charge in [0.15, 0.2) is 6.10 Å². The first-order chi connectivity index (χ1) is 11.6. The molecule has 0 saturated heterocycles. The van der Waals surface area contributed by atoms with E-state index in [4.69, 9.17) is 9.47 Å². The van der Waals surface area contributed by atoms with Gasteiger partial charge < -0.3 is 14.8 Å². The molecule has 0 aliphatic heterocycles. The molecule has 0 unspecified atom stereocenters. The van der Waals surface area contributed by atoms with Crippen LogP contribution in [0.5, 0.6) is 5.75 Å². The number of ether oxygens (including phenoxy) is 2. The molecule has 0 radical (unpaired) electrons. The molecule has 1 aromatic carbocycles. The number of esters is 1. The summed E-state index contributed by atoms with van der Waals surface area (Å²) in [5.74, 6) is -0.0789. The van der Waals surface area contributed by atoms with Gasteiger partial charge in [0.2, 0.25) is 0 Å². The van der Waals surface area contributed by atoms with Crippen molar-refractivity contribution in [3.63, 3.8) is 0 Å². The maximum atomic E-state index is 12.0. The van der Waals surface area contributed by atoms with Gasteiger partial charge in [0.05, 0.1) is 6.61 Å². The topological polar surface area (TPSA) is 64.6 Å². The van der Waals surface area contributed by atoms with E-state index in [1.165, 1.54) is 6.08 Å². The molecule has 5 heteroatoms. The van der Waals surface area contributed by atoms with E-state index >= 15 is 0 Å². The van der Waals surface area contributed by atoms with Crippen LogP contribution < -0.4 is 10.1 Å². The van der Waals surface area contributed by atoms with Crippen LogP contribution in [0.4, 0.5) is 0 Å². The third kappa shape index (κ3) is 5.41. The van der Waals surface area contributed by atoms with Gasteiger partial charge in [0.25, 0.3) is 5.91 Å². The number of nitrogens with one attached hydrogen (secondary N) is 1. The monoisotopic (exact) mass is 331 g/mol. The van der Waals surface area contributed by atoms with E-state index in [1.807, 2.05) is 31.2 Å². The SMILES string of the molecule is CCOc1ccccc1/C=C/C(=O)O[C@@H](C)C(=O)NC1CCCC1. The minimum Gasteiger partial charge on any atom is -0.493 e. The average molecular weight is 331 g/mol. The number of para-hydroxylation sites is 1. The largest absolute Gasteiger partial charge is 0.493 e. The minimum atomic E-state index is -0.801. The van der Waals surface area contributed by atoms with Crippen molar-refractivity contribution in [1.29, 1.82) is 0 Å². The van der Waals surface area contributed by atoms with Crippen LogP contribution in [-0.4, -0.2) is 30.6 Å². The molecule has 2 rings (SSSR count). The molecular formula is C19H25NO4. The summed E-state index contributed by atoms with van der Waals surface area (Å²) in [7, 11) is 0. The molecule has 130 valence electrons. The second-order valence-electron chi connectivity index (χ2n) is 5.87. The summed E-state index contributed by atoms with van der Waals surface area (Å²) in [5, 5.41) is 2.92. The molecule has 5 nitrogen and oxygen atoms in total. The van der Waals surface area contributed by atoms with Gasteiger partial charge in [-0.05, 0) is 38.8 Å². The van der Waals surface area contributed by atoms with E-state index in [9.17, 15) is 9.59 Å². The van der Waals surface area contributed by atoms with Crippen LogP contribution >= 0.6 is 0 Å². The molecule has 1 amide bonds. The van der Waals surface area contributed by atoms with Crippen LogP contribution in [0.2, 0.25) is 0 Å². The van der Waals surface area contributed by atoms with Gasteiger partial charge >= 0.3 is 5.97 Å². The van der Waals surface area contributed by atoms with Gasteiger partial charge in [-0.2, -0.15) is 0 Å². The molecule has 0 heterocycles. The van der Waals surface area contributed by atoms with Crippen LogP contribution in [-0.2, 0) is 14.3 Å². The smallest absolute Gasteiger partial charge is 0.331 e. The third-order valence-electron chi connectivity index (χ3n) is 3.98. The molecule has 1 N–H and O–H groups in total. The standard InChI is InChI=1S/C19H25NO4/c1-3-23-17-11-7-4-8-15(17)12-13-18(21)24-14(2)19(22)20-16-9-5-6-10-16/h4,7-8,11-14,16H,3,5-6,9-10H2,1-2H3,(H,20,22)/b13-12+/t14-/m0/s1. The van der Waals surface area contributed by atoms with Crippen LogP contribution in [0.25, 0.3) is 6.08 Å². The molecule has 1 aliphatic rings. The second kappa shape index (κ2) is 9.11. The van der Waals surface area contributed by atoms with Gasteiger partial charge in [-0.25, -0.2) is 4.79 Å². The Hall–Kier alpha value is -2.30. The van der Waals surface area contributed by atoms with Crippen LogP contribution in [0.15, 0.2) is 30.3 Å². The summed E-state index contributed by atoms with van der Waals surface area (Å²) in [6.45, 7) is 4.04. The Morgan fingerprint density at radius 1 is 1.29 bits per heavy atom. The van der Waals surface area contributed by atoms with Gasteiger partial charge in [-0.15, -0.1) is 0 Å². The number of benzene rings is 1. The quantitative estimate of drug-likeness (QED) is 0.616. The first kappa shape index (κ1) is 18.0. The number of hydrogen-bond donors (Lipinski definition) is 1. The van der Waals surface area contributed by atoms with Crippen LogP contribution in [0.1, 0.15) is 45.1 Å². The third-order valence-corrected chi connectivity index (χ3v) is 3.98. The number of amides is 1. The Morgan fingerprint density at radius 2 is 2.00 bits per heavy atom. The summed E-state index contributed by atoms with van der Waals surface area (Å²) in [6.07, 6.45) is 6.43. The zero-order valence-corrected chi connectivity index (χ0v) is 14.3. The van der Waals surface area contributed by atoms with Crippen molar-refractivity contribution < 1.29 is 19.1 Å². The normalized spacial score (nSPS) is 16.1. The lowest BCUT2D eigenvalue weighted by Crippen LogP contribution is -2.40. The molecule has 1 aromatic rings. The van der Waals surface area contributed by atoms with Crippen molar-refractivity contribution in [2.45, 2.75) is 51.7 Å². The zero-order valence-electron chi connectivity index (χ0n) is 14.3. The first-order valence-electron chi connectivity index (χ1n) is 8.51. The van der Waals surface area contributed by atoms with Crippen molar-refractivity contribution in [3.05, 3.63) is 35.9 Å². The molecular weight excluding hydrogens is 306 g/mol. The predicted molar refractivity (Wildman–Crippen MR) is 92.6 cm³/mol. The number of carbonyl (C=O) groups is 2. The predicted octanol–water partition coefficient (Wildman–Crippen LogP) is 3.09. The van der Waals surface area contributed by atoms with E-state index in [1.54, 1.807) is 13.0 Å². The summed E-state index contributed by atoms with van der Waals surface area (Å²) in [4.78, 5) is 23.9. The molecule has 1 atom stereocenters. The zero-order chi connectivity index (χ0) is 17.4. The molecule has 0 bridgehead atoms. The maximum absolute atomic E-state index is 12.0. The van der Waals surface area contributed by atoms with Crippen molar-refractivity contribution in [1.82, 2.24) is 5.32 Å². The fourth-order valence-electron chi connectivity index (χ4n) is 2.72. The summed E-state index contributed by atoms with van der Waals surface area (Å²) in [6, 6.07) is 7.64. The second-order valence-corrected chi connectivity index (χ2v) is 5.87. The van der Waals surface area contributed by atoms with Crippen LogP contribution in [0.3, 0.4) is 0 Å². The van der Waals surface area contributed by atoms with E-state index in [-0.39, 0.29) is 11.9 Å². The van der Waals surface area contributed by atoms with Crippen LogP contribution in [0, 0.1) is 0 Å². The van der Waals surface area contributed by atoms with E-state index in [2.05, 4.69) is 5.32 Å². The summed E-state index contributed by atoms with van der Waals surface area (Å²) >= 11 is 0. The van der Waals surface area contributed by atoms with Gasteiger partial charge in [-0.1, -0.05) is 31.0 Å². The van der Waals surface area contributed by atoms with E-state index in [0.29, 0.717) is 12.4 Å². The summed E-state index contributed by atoms with van der Waals surface area (Å²) in [5.41, 5.74) is 0.791. The number of hydrogen-bond acceptors (Lipinski definition) is 4. The number of rotatable bonds is 7. The van der Waals surface area contributed by atoms with E-state index in [0.717, 1.165) is 31.2 Å². The highest BCUT2D eigenvalue weighted by atomic mass is 16.5. The fourth-order valence-corrected chi connectivity index (χ4v) is 2.72. The Bertz CT molecular complexity index is 591. The van der Waals surface area contributed by atoms with Gasteiger partial charge in [0.1, 0.15) is 5.75 Å². The Balaban J connectivity index is 1.86. The van der Waals surface area contributed by atoms with E-state index < -0.39 is 12.1 Å². The molecule has 0 aromatic heterocycles. The Kier molecular flexibility index (Phi) is 6.85. The highest BCUT2D eigenvalue weighted by Gasteiger charge is 2.22. The van der Waals surface area contributed by atoms with Crippen molar-refractivity contribution in [2.24, 2.45) is 0 Å². The highest BCUT2D eigenvalue weighted by Crippen LogP contribution is 2.20. The van der Waals surface area contributed by atoms with Crippen molar-refractivity contribution >= 4 is 18.0 Å². The average Bonchev–Trinajstić information content (AvgIpc) is 3.07. The molecule has 1 aliphatic carbocycles. The fraction of sp³-hybridized carbons (Fsp3) is 0.474. The molecule has 24 heavy (non-hydrogen) atoms.